The van der Waals surface area contributed by atoms with Gasteiger partial charge in [-0.05, 0) is 65.4 Å². The van der Waals surface area contributed by atoms with Crippen LogP contribution in [0.2, 0.25) is 0 Å². The van der Waals surface area contributed by atoms with Crippen molar-refractivity contribution in [2.75, 3.05) is 20.1 Å². The van der Waals surface area contributed by atoms with Gasteiger partial charge >= 0.3 is 0 Å². The lowest BCUT2D eigenvalue weighted by atomic mass is 10.1. The summed E-state index contributed by atoms with van der Waals surface area (Å²) in [7, 11) is 2.00. The molecule has 1 aromatic carbocycles. The van der Waals surface area contributed by atoms with Crippen molar-refractivity contribution in [2.24, 2.45) is 0 Å². The van der Waals surface area contributed by atoms with Crippen molar-refractivity contribution in [3.63, 3.8) is 0 Å². The highest BCUT2D eigenvalue weighted by atomic mass is 16.5. The van der Waals surface area contributed by atoms with Gasteiger partial charge in [0.15, 0.2) is 0 Å². The van der Waals surface area contributed by atoms with Gasteiger partial charge in [-0.2, -0.15) is 0 Å². The zero-order chi connectivity index (χ0) is 14.3. The van der Waals surface area contributed by atoms with E-state index in [4.69, 9.17) is 4.74 Å². The zero-order valence-electron chi connectivity index (χ0n) is 12.9. The summed E-state index contributed by atoms with van der Waals surface area (Å²) in [6.45, 7) is 10.4. The van der Waals surface area contributed by atoms with Crippen LogP contribution in [0.15, 0.2) is 24.3 Å². The van der Waals surface area contributed by atoms with Gasteiger partial charge in [-0.15, -0.1) is 0 Å². The van der Waals surface area contributed by atoms with Crippen molar-refractivity contribution in [1.29, 1.82) is 0 Å². The number of nitrogens with one attached hydrogen (secondary N) is 2. The van der Waals surface area contributed by atoms with Crippen molar-refractivity contribution >= 4 is 0 Å². The summed E-state index contributed by atoms with van der Waals surface area (Å²) in [4.78, 5) is 0. The second-order valence-corrected chi connectivity index (χ2v) is 5.87. The molecule has 108 valence electrons. The fraction of sp³-hybridized carbons (Fsp3) is 0.625. The van der Waals surface area contributed by atoms with Crippen molar-refractivity contribution in [2.45, 2.75) is 45.8 Å². The Balaban J connectivity index is 2.30. The van der Waals surface area contributed by atoms with Gasteiger partial charge in [-0.3, -0.25) is 0 Å². The van der Waals surface area contributed by atoms with Gasteiger partial charge in [-0.25, -0.2) is 0 Å². The molecular weight excluding hydrogens is 236 g/mol. The second kappa shape index (κ2) is 7.51. The molecule has 3 heteroatoms. The fourth-order valence-electron chi connectivity index (χ4n) is 1.73. The van der Waals surface area contributed by atoms with E-state index in [1.165, 1.54) is 5.56 Å². The third kappa shape index (κ3) is 6.60. The SMILES string of the molecule is CNC(C)(C)CNCCc1ccc(OC(C)C)cc1. The van der Waals surface area contributed by atoms with Gasteiger partial charge in [0.1, 0.15) is 5.75 Å². The summed E-state index contributed by atoms with van der Waals surface area (Å²) in [5.74, 6) is 0.947. The van der Waals surface area contributed by atoms with Crippen LogP contribution >= 0.6 is 0 Å². The molecule has 0 amide bonds. The maximum atomic E-state index is 5.63. The first-order valence-corrected chi connectivity index (χ1v) is 7.08. The van der Waals surface area contributed by atoms with E-state index >= 15 is 0 Å². The normalized spacial score (nSPS) is 11.9. The molecule has 0 saturated heterocycles. The standard InChI is InChI=1S/C16H28N2O/c1-13(2)19-15-8-6-14(7-9-15)10-11-18-12-16(3,4)17-5/h6-9,13,17-18H,10-12H2,1-5H3. The van der Waals surface area contributed by atoms with E-state index in [9.17, 15) is 0 Å². The summed E-state index contributed by atoms with van der Waals surface area (Å²) in [5.41, 5.74) is 1.49. The average Bonchev–Trinajstić information content (AvgIpc) is 2.36. The molecule has 0 aliphatic heterocycles. The van der Waals surface area contributed by atoms with Crippen LogP contribution in [0.5, 0.6) is 5.75 Å². The smallest absolute Gasteiger partial charge is 0.119 e. The fourth-order valence-corrected chi connectivity index (χ4v) is 1.73. The maximum absolute atomic E-state index is 5.63. The van der Waals surface area contributed by atoms with Crippen LogP contribution in [-0.2, 0) is 6.42 Å². The highest BCUT2D eigenvalue weighted by Gasteiger charge is 2.12. The molecule has 0 saturated carbocycles. The third-order valence-corrected chi connectivity index (χ3v) is 3.13. The predicted molar refractivity (Wildman–Crippen MR) is 81.9 cm³/mol. The van der Waals surface area contributed by atoms with E-state index in [0.29, 0.717) is 0 Å². The number of likely N-dealkylation sites (N-methyl/N-ethyl adjacent to an activating group) is 1. The molecule has 0 bridgehead atoms. The number of rotatable bonds is 8. The van der Waals surface area contributed by atoms with E-state index in [2.05, 4.69) is 36.6 Å². The van der Waals surface area contributed by atoms with E-state index in [-0.39, 0.29) is 11.6 Å². The summed E-state index contributed by atoms with van der Waals surface area (Å²) < 4.78 is 5.63. The first-order chi connectivity index (χ1) is 8.93. The summed E-state index contributed by atoms with van der Waals surface area (Å²) in [5, 5.41) is 6.76. The minimum atomic E-state index is 0.148. The van der Waals surface area contributed by atoms with Crippen molar-refractivity contribution in [1.82, 2.24) is 10.6 Å². The molecule has 0 spiro atoms. The number of ether oxygens (including phenoxy) is 1. The van der Waals surface area contributed by atoms with Crippen LogP contribution in [0.1, 0.15) is 33.3 Å². The molecule has 19 heavy (non-hydrogen) atoms. The number of hydrogen-bond donors (Lipinski definition) is 2. The molecule has 0 radical (unpaired) electrons. The minimum Gasteiger partial charge on any atom is -0.491 e. The summed E-state index contributed by atoms with van der Waals surface area (Å²) in [6, 6.07) is 8.38. The van der Waals surface area contributed by atoms with E-state index in [1.54, 1.807) is 0 Å². The lowest BCUT2D eigenvalue weighted by Crippen LogP contribution is -2.46. The van der Waals surface area contributed by atoms with E-state index in [0.717, 1.165) is 25.3 Å². The van der Waals surface area contributed by atoms with Crippen molar-refractivity contribution < 1.29 is 4.74 Å². The Morgan fingerprint density at radius 2 is 1.79 bits per heavy atom. The molecule has 0 atom stereocenters. The monoisotopic (exact) mass is 264 g/mol. The molecule has 0 aliphatic rings. The van der Waals surface area contributed by atoms with Gasteiger partial charge in [0, 0.05) is 12.1 Å². The zero-order valence-corrected chi connectivity index (χ0v) is 12.9. The Labute approximate surface area is 117 Å². The molecule has 0 heterocycles. The Kier molecular flexibility index (Phi) is 6.32. The molecule has 1 rings (SSSR count). The topological polar surface area (TPSA) is 33.3 Å². The average molecular weight is 264 g/mol. The van der Waals surface area contributed by atoms with Gasteiger partial charge in [0.2, 0.25) is 0 Å². The molecule has 0 unspecified atom stereocenters. The van der Waals surface area contributed by atoms with Crippen LogP contribution in [-0.4, -0.2) is 31.8 Å². The Morgan fingerprint density at radius 3 is 2.32 bits per heavy atom. The first-order valence-electron chi connectivity index (χ1n) is 7.08. The minimum absolute atomic E-state index is 0.148. The van der Waals surface area contributed by atoms with Crippen LogP contribution in [0, 0.1) is 0 Å². The lowest BCUT2D eigenvalue weighted by molar-refractivity contribution is 0.242. The molecule has 1 aromatic rings. The van der Waals surface area contributed by atoms with Crippen molar-refractivity contribution in [3.05, 3.63) is 29.8 Å². The van der Waals surface area contributed by atoms with E-state index < -0.39 is 0 Å². The summed E-state index contributed by atoms with van der Waals surface area (Å²) in [6.07, 6.45) is 1.28. The van der Waals surface area contributed by atoms with Gasteiger partial charge < -0.3 is 15.4 Å². The number of benzene rings is 1. The third-order valence-electron chi connectivity index (χ3n) is 3.13. The van der Waals surface area contributed by atoms with Gasteiger partial charge in [-0.1, -0.05) is 12.1 Å². The van der Waals surface area contributed by atoms with Crippen molar-refractivity contribution in [3.8, 4) is 5.75 Å². The van der Waals surface area contributed by atoms with Gasteiger partial charge in [0.25, 0.3) is 0 Å². The van der Waals surface area contributed by atoms with Crippen LogP contribution in [0.3, 0.4) is 0 Å². The molecule has 2 N–H and O–H groups in total. The second-order valence-electron chi connectivity index (χ2n) is 5.87. The predicted octanol–water partition coefficient (Wildman–Crippen LogP) is 2.60. The summed E-state index contributed by atoms with van der Waals surface area (Å²) >= 11 is 0. The molecule has 0 aliphatic carbocycles. The largest absolute Gasteiger partial charge is 0.491 e. The van der Waals surface area contributed by atoms with E-state index in [1.807, 2.05) is 33.0 Å². The van der Waals surface area contributed by atoms with Gasteiger partial charge in [0.05, 0.1) is 6.10 Å². The van der Waals surface area contributed by atoms with Crippen LogP contribution in [0.25, 0.3) is 0 Å². The number of hydrogen-bond acceptors (Lipinski definition) is 3. The Morgan fingerprint density at radius 1 is 1.16 bits per heavy atom. The molecule has 0 aromatic heterocycles. The quantitative estimate of drug-likeness (QED) is 0.708. The maximum Gasteiger partial charge on any atom is 0.119 e. The molecular formula is C16H28N2O. The highest BCUT2D eigenvalue weighted by molar-refractivity contribution is 5.27. The van der Waals surface area contributed by atoms with Crippen LogP contribution in [0.4, 0.5) is 0 Å². The van der Waals surface area contributed by atoms with Crippen LogP contribution < -0.4 is 15.4 Å². The Hall–Kier alpha value is -1.06. The molecule has 0 fully saturated rings. The lowest BCUT2D eigenvalue weighted by Gasteiger charge is -2.24. The first kappa shape index (κ1) is 16.0. The molecule has 3 nitrogen and oxygen atoms in total. The highest BCUT2D eigenvalue weighted by Crippen LogP contribution is 2.13. The Bertz CT molecular complexity index is 358.